The average molecular weight is 533 g/mol. The third kappa shape index (κ3) is 4.87. The molecule has 0 fully saturated rings. The third-order valence-electron chi connectivity index (χ3n) is 5.97. The van der Waals surface area contributed by atoms with E-state index in [9.17, 15) is 9.59 Å². The van der Waals surface area contributed by atoms with Crippen LogP contribution < -0.4 is 24.4 Å². The first-order chi connectivity index (χ1) is 18.0. The fourth-order valence-corrected chi connectivity index (χ4v) is 6.06. The molecule has 1 aliphatic rings. The van der Waals surface area contributed by atoms with Gasteiger partial charge in [0.25, 0.3) is 5.56 Å². The lowest BCUT2D eigenvalue weighted by molar-refractivity contribution is -0.140. The molecule has 0 unspecified atom stereocenters. The summed E-state index contributed by atoms with van der Waals surface area (Å²) in [5, 5.41) is 1.93. The van der Waals surface area contributed by atoms with Crippen LogP contribution in [0.2, 0.25) is 0 Å². The minimum Gasteiger partial charge on any atom is -0.493 e. The van der Waals surface area contributed by atoms with Crippen molar-refractivity contribution in [2.75, 3.05) is 14.2 Å². The van der Waals surface area contributed by atoms with Gasteiger partial charge in [-0.25, -0.2) is 9.79 Å². The van der Waals surface area contributed by atoms with Gasteiger partial charge in [0.1, 0.15) is 12.6 Å². The van der Waals surface area contributed by atoms with Crippen LogP contribution in [0.15, 0.2) is 87.1 Å². The molecular formula is C28H24N2O5S2. The molecule has 3 heterocycles. The van der Waals surface area contributed by atoms with Gasteiger partial charge in [-0.05, 0) is 47.7 Å². The number of thiophene rings is 1. The molecule has 37 heavy (non-hydrogen) atoms. The zero-order chi connectivity index (χ0) is 25.9. The van der Waals surface area contributed by atoms with E-state index in [-0.39, 0.29) is 12.2 Å². The van der Waals surface area contributed by atoms with Gasteiger partial charge in [-0.2, -0.15) is 0 Å². The molecule has 5 rings (SSSR count). The van der Waals surface area contributed by atoms with Crippen LogP contribution in [0.4, 0.5) is 0 Å². The van der Waals surface area contributed by atoms with Gasteiger partial charge in [-0.3, -0.25) is 9.36 Å². The Morgan fingerprint density at radius 1 is 1.05 bits per heavy atom. The van der Waals surface area contributed by atoms with Gasteiger partial charge in [0, 0.05) is 4.88 Å². The molecule has 0 N–H and O–H groups in total. The van der Waals surface area contributed by atoms with Gasteiger partial charge in [-0.1, -0.05) is 53.8 Å². The maximum Gasteiger partial charge on any atom is 0.338 e. The molecule has 188 valence electrons. The number of carbonyl (C=O) groups is 1. The van der Waals surface area contributed by atoms with Crippen molar-refractivity contribution >= 4 is 34.7 Å². The monoisotopic (exact) mass is 532 g/mol. The maximum absolute atomic E-state index is 13.7. The first-order valence-electron chi connectivity index (χ1n) is 11.5. The van der Waals surface area contributed by atoms with E-state index in [4.69, 9.17) is 14.2 Å². The number of hydrogen-bond acceptors (Lipinski definition) is 8. The van der Waals surface area contributed by atoms with Crippen LogP contribution in [0.1, 0.15) is 29.0 Å². The molecule has 0 radical (unpaired) electrons. The zero-order valence-electron chi connectivity index (χ0n) is 20.5. The van der Waals surface area contributed by atoms with Crippen molar-refractivity contribution in [2.24, 2.45) is 4.99 Å². The van der Waals surface area contributed by atoms with E-state index in [1.54, 1.807) is 37.9 Å². The predicted octanol–water partition coefficient (Wildman–Crippen LogP) is 4.06. The van der Waals surface area contributed by atoms with Crippen LogP contribution in [-0.2, 0) is 16.1 Å². The number of fused-ring (bicyclic) bond motifs is 1. The SMILES string of the molecule is COc1ccc(/C=c2/sc3n(c2=O)[C@H](c2cccs2)C(C(=O)OCc2ccccc2)=C(C)N=3)cc1OC. The Balaban J connectivity index is 1.57. The molecular weight excluding hydrogens is 508 g/mol. The summed E-state index contributed by atoms with van der Waals surface area (Å²) in [6.45, 7) is 1.92. The topological polar surface area (TPSA) is 79.1 Å². The van der Waals surface area contributed by atoms with Gasteiger partial charge >= 0.3 is 5.97 Å². The summed E-state index contributed by atoms with van der Waals surface area (Å²) in [5.74, 6) is 0.686. The van der Waals surface area contributed by atoms with E-state index in [1.807, 2.05) is 60.0 Å². The van der Waals surface area contributed by atoms with Gasteiger partial charge in [-0.15, -0.1) is 11.3 Å². The van der Waals surface area contributed by atoms with Crippen LogP contribution in [-0.4, -0.2) is 24.8 Å². The Morgan fingerprint density at radius 3 is 2.54 bits per heavy atom. The third-order valence-corrected chi connectivity index (χ3v) is 7.88. The van der Waals surface area contributed by atoms with Crippen molar-refractivity contribution in [3.05, 3.63) is 113 Å². The fourth-order valence-electron chi connectivity index (χ4n) is 4.19. The van der Waals surface area contributed by atoms with E-state index < -0.39 is 12.0 Å². The van der Waals surface area contributed by atoms with Crippen molar-refractivity contribution in [3.8, 4) is 11.5 Å². The number of methoxy groups -OCH3 is 2. The summed E-state index contributed by atoms with van der Waals surface area (Å²) in [4.78, 5) is 33.1. The number of thiazole rings is 1. The second-order valence-corrected chi connectivity index (χ2v) is 10.3. The Labute approximate surface area is 221 Å². The average Bonchev–Trinajstić information content (AvgIpc) is 3.55. The second kappa shape index (κ2) is 10.6. The smallest absolute Gasteiger partial charge is 0.338 e. The summed E-state index contributed by atoms with van der Waals surface area (Å²) < 4.78 is 18.5. The van der Waals surface area contributed by atoms with Gasteiger partial charge < -0.3 is 14.2 Å². The van der Waals surface area contributed by atoms with Crippen LogP contribution >= 0.6 is 22.7 Å². The lowest BCUT2D eigenvalue weighted by Crippen LogP contribution is -2.39. The Morgan fingerprint density at radius 2 is 1.84 bits per heavy atom. The van der Waals surface area contributed by atoms with Crippen LogP contribution in [0.5, 0.6) is 11.5 Å². The number of rotatable bonds is 7. The van der Waals surface area contributed by atoms with Crippen molar-refractivity contribution in [1.82, 2.24) is 4.57 Å². The van der Waals surface area contributed by atoms with Crippen LogP contribution in [0.25, 0.3) is 6.08 Å². The molecule has 2 aromatic carbocycles. The Kier molecular flexibility index (Phi) is 7.07. The van der Waals surface area contributed by atoms with E-state index in [2.05, 4.69) is 4.99 Å². The molecule has 9 heteroatoms. The van der Waals surface area contributed by atoms with Gasteiger partial charge in [0.05, 0.1) is 30.0 Å². The normalized spacial score (nSPS) is 15.2. The van der Waals surface area contributed by atoms with E-state index in [0.717, 1.165) is 16.0 Å². The number of nitrogens with zero attached hydrogens (tertiary/aromatic N) is 2. The minimum absolute atomic E-state index is 0.136. The van der Waals surface area contributed by atoms with Crippen LogP contribution in [0, 0.1) is 0 Å². The highest BCUT2D eigenvalue weighted by Crippen LogP contribution is 2.33. The van der Waals surface area contributed by atoms with Crippen molar-refractivity contribution in [3.63, 3.8) is 0 Å². The van der Waals surface area contributed by atoms with Gasteiger partial charge in [0.15, 0.2) is 16.3 Å². The first-order valence-corrected chi connectivity index (χ1v) is 13.2. The Bertz CT molecular complexity index is 1650. The molecule has 1 aliphatic heterocycles. The number of esters is 1. The number of aromatic nitrogens is 1. The van der Waals surface area contributed by atoms with Crippen molar-refractivity contribution in [2.45, 2.75) is 19.6 Å². The summed E-state index contributed by atoms with van der Waals surface area (Å²) in [6.07, 6.45) is 1.80. The largest absolute Gasteiger partial charge is 0.493 e. The molecule has 7 nitrogen and oxygen atoms in total. The fraction of sp³-hybridized carbons (Fsp3) is 0.179. The summed E-state index contributed by atoms with van der Waals surface area (Å²) in [7, 11) is 3.14. The molecule has 0 saturated heterocycles. The summed E-state index contributed by atoms with van der Waals surface area (Å²) in [6, 6.07) is 18.2. The first kappa shape index (κ1) is 24.7. The number of allylic oxidation sites excluding steroid dienone is 1. The van der Waals surface area contributed by atoms with E-state index in [0.29, 0.717) is 32.1 Å². The summed E-state index contributed by atoms with van der Waals surface area (Å²) >= 11 is 2.77. The lowest BCUT2D eigenvalue weighted by atomic mass is 10.0. The minimum atomic E-state index is -0.618. The molecule has 0 aliphatic carbocycles. The highest BCUT2D eigenvalue weighted by molar-refractivity contribution is 7.10. The van der Waals surface area contributed by atoms with E-state index >= 15 is 0 Å². The number of carbonyl (C=O) groups excluding carboxylic acids is 1. The molecule has 1 atom stereocenters. The molecule has 0 spiro atoms. The second-order valence-electron chi connectivity index (χ2n) is 8.27. The van der Waals surface area contributed by atoms with Crippen molar-refractivity contribution in [1.29, 1.82) is 0 Å². The predicted molar refractivity (Wildman–Crippen MR) is 144 cm³/mol. The quantitative estimate of drug-likeness (QED) is 0.336. The van der Waals surface area contributed by atoms with Crippen molar-refractivity contribution < 1.29 is 19.0 Å². The number of ether oxygens (including phenoxy) is 3. The number of benzene rings is 2. The number of hydrogen-bond donors (Lipinski definition) is 0. The molecule has 2 aromatic heterocycles. The standard InChI is InChI=1S/C28H24N2O5S2/c1-17-24(27(32)35-16-18-8-5-4-6-9-18)25(22-10-7-13-36-22)30-26(31)23(37-28(30)29-17)15-19-11-12-20(33-2)21(14-19)34-3/h4-15,25H,16H2,1-3H3/b23-15+/t25-/m1/s1. The maximum atomic E-state index is 13.7. The highest BCUT2D eigenvalue weighted by atomic mass is 32.1. The zero-order valence-corrected chi connectivity index (χ0v) is 22.1. The molecule has 0 saturated carbocycles. The lowest BCUT2D eigenvalue weighted by Gasteiger charge is -2.23. The molecule has 4 aromatic rings. The highest BCUT2D eigenvalue weighted by Gasteiger charge is 2.34. The molecule has 0 bridgehead atoms. The van der Waals surface area contributed by atoms with Crippen LogP contribution in [0.3, 0.4) is 0 Å². The van der Waals surface area contributed by atoms with Gasteiger partial charge in [0.2, 0.25) is 0 Å². The molecule has 0 amide bonds. The summed E-state index contributed by atoms with van der Waals surface area (Å²) in [5.41, 5.74) is 2.35. The van der Waals surface area contributed by atoms with E-state index in [1.165, 1.54) is 22.7 Å². The Hall–Kier alpha value is -3.95.